The number of fused-ring (bicyclic) bond motifs is 1. The van der Waals surface area contributed by atoms with Crippen LogP contribution in [-0.4, -0.2) is 26.1 Å². The molecular weight excluding hydrogens is 262 g/mol. The van der Waals surface area contributed by atoms with E-state index in [9.17, 15) is 0 Å². The summed E-state index contributed by atoms with van der Waals surface area (Å²) >= 11 is 0. The zero-order valence-corrected chi connectivity index (χ0v) is 13.0. The van der Waals surface area contributed by atoms with Gasteiger partial charge in [-0.3, -0.25) is 0 Å². The smallest absolute Gasteiger partial charge is 0.178 e. The Balaban J connectivity index is 1.98. The maximum atomic E-state index is 4.82. The van der Waals surface area contributed by atoms with Crippen molar-refractivity contribution in [2.45, 2.75) is 52.1 Å². The van der Waals surface area contributed by atoms with E-state index in [4.69, 9.17) is 4.98 Å². The standard InChI is InChI=1S/C16H23N5/c1-4-18-13-6-5-7-14-12(13)8-19-16(20-14)15-9-17-10-21(15)11(2)3/h8-11,13,18H,4-7H2,1-3H3. The van der Waals surface area contributed by atoms with Crippen molar-refractivity contribution in [1.29, 1.82) is 0 Å². The first-order valence-corrected chi connectivity index (χ1v) is 7.82. The molecule has 0 fully saturated rings. The van der Waals surface area contributed by atoms with Crippen molar-refractivity contribution in [3.63, 3.8) is 0 Å². The predicted molar refractivity (Wildman–Crippen MR) is 83.0 cm³/mol. The van der Waals surface area contributed by atoms with Crippen molar-refractivity contribution in [3.05, 3.63) is 30.0 Å². The highest BCUT2D eigenvalue weighted by molar-refractivity contribution is 5.49. The van der Waals surface area contributed by atoms with Crippen molar-refractivity contribution in [2.75, 3.05) is 6.54 Å². The van der Waals surface area contributed by atoms with Crippen LogP contribution in [0.5, 0.6) is 0 Å². The minimum absolute atomic E-state index is 0.358. The summed E-state index contributed by atoms with van der Waals surface area (Å²) in [6, 6.07) is 0.763. The molecule has 0 amide bonds. The van der Waals surface area contributed by atoms with Gasteiger partial charge in [-0.25, -0.2) is 15.0 Å². The van der Waals surface area contributed by atoms with Gasteiger partial charge in [0.25, 0.3) is 0 Å². The second kappa shape index (κ2) is 5.93. The molecule has 0 bridgehead atoms. The highest BCUT2D eigenvalue weighted by Crippen LogP contribution is 2.29. The van der Waals surface area contributed by atoms with E-state index in [1.807, 2.05) is 18.7 Å². The first-order valence-electron chi connectivity index (χ1n) is 7.82. The molecule has 1 atom stereocenters. The molecule has 2 aromatic rings. The van der Waals surface area contributed by atoms with Gasteiger partial charge in [-0.15, -0.1) is 0 Å². The summed E-state index contributed by atoms with van der Waals surface area (Å²) in [5.74, 6) is 0.789. The Labute approximate surface area is 125 Å². The normalized spacial score (nSPS) is 18.0. The van der Waals surface area contributed by atoms with E-state index in [1.54, 1.807) is 0 Å². The van der Waals surface area contributed by atoms with Crippen molar-refractivity contribution < 1.29 is 0 Å². The van der Waals surface area contributed by atoms with Crippen LogP contribution in [0.2, 0.25) is 0 Å². The molecular formula is C16H23N5. The van der Waals surface area contributed by atoms with Crippen molar-refractivity contribution in [2.24, 2.45) is 0 Å². The van der Waals surface area contributed by atoms with Gasteiger partial charge in [0.1, 0.15) is 5.69 Å². The Morgan fingerprint density at radius 1 is 1.38 bits per heavy atom. The molecule has 0 saturated heterocycles. The first-order chi connectivity index (χ1) is 10.2. The fourth-order valence-electron chi connectivity index (χ4n) is 3.02. The lowest BCUT2D eigenvalue weighted by molar-refractivity contribution is 0.464. The van der Waals surface area contributed by atoms with Crippen molar-refractivity contribution in [1.82, 2.24) is 24.8 Å². The third-order valence-electron chi connectivity index (χ3n) is 4.08. The summed E-state index contributed by atoms with van der Waals surface area (Å²) in [6.45, 7) is 7.41. The van der Waals surface area contributed by atoms with Crippen LogP contribution in [-0.2, 0) is 6.42 Å². The maximum absolute atomic E-state index is 4.82. The number of rotatable bonds is 4. The number of hydrogen-bond donors (Lipinski definition) is 1. The number of nitrogens with one attached hydrogen (secondary N) is 1. The average Bonchev–Trinajstić information content (AvgIpc) is 2.97. The molecule has 2 aromatic heterocycles. The van der Waals surface area contributed by atoms with Crippen LogP contribution in [0.4, 0.5) is 0 Å². The number of hydrogen-bond acceptors (Lipinski definition) is 4. The molecule has 0 aliphatic heterocycles. The largest absolute Gasteiger partial charge is 0.325 e. The molecule has 2 heterocycles. The zero-order valence-electron chi connectivity index (χ0n) is 13.0. The Hall–Kier alpha value is -1.75. The lowest BCUT2D eigenvalue weighted by atomic mass is 9.92. The number of nitrogens with zero attached hydrogens (tertiary/aromatic N) is 4. The lowest BCUT2D eigenvalue weighted by Crippen LogP contribution is -2.26. The minimum Gasteiger partial charge on any atom is -0.325 e. The van der Waals surface area contributed by atoms with Gasteiger partial charge in [-0.1, -0.05) is 6.92 Å². The Morgan fingerprint density at radius 3 is 3.00 bits per heavy atom. The van der Waals surface area contributed by atoms with Crippen LogP contribution in [0.3, 0.4) is 0 Å². The Morgan fingerprint density at radius 2 is 2.24 bits per heavy atom. The molecule has 1 aliphatic carbocycles. The second-order valence-corrected chi connectivity index (χ2v) is 5.88. The monoisotopic (exact) mass is 285 g/mol. The number of imidazole rings is 1. The third kappa shape index (κ3) is 2.70. The van der Waals surface area contributed by atoms with Gasteiger partial charge < -0.3 is 9.88 Å². The summed E-state index contributed by atoms with van der Waals surface area (Å²) in [7, 11) is 0. The molecule has 112 valence electrons. The fraction of sp³-hybridized carbons (Fsp3) is 0.562. The van der Waals surface area contributed by atoms with Gasteiger partial charge in [0.15, 0.2) is 5.82 Å². The van der Waals surface area contributed by atoms with Crippen LogP contribution >= 0.6 is 0 Å². The van der Waals surface area contributed by atoms with Gasteiger partial charge in [-0.2, -0.15) is 0 Å². The summed E-state index contributed by atoms with van der Waals surface area (Å²) in [5.41, 5.74) is 3.45. The highest BCUT2D eigenvalue weighted by Gasteiger charge is 2.22. The van der Waals surface area contributed by atoms with Crippen LogP contribution in [0.25, 0.3) is 11.5 Å². The van der Waals surface area contributed by atoms with Gasteiger partial charge in [-0.05, 0) is 39.7 Å². The molecule has 3 rings (SSSR count). The zero-order chi connectivity index (χ0) is 14.8. The highest BCUT2D eigenvalue weighted by atomic mass is 15.1. The van der Waals surface area contributed by atoms with Crippen LogP contribution in [0, 0.1) is 0 Å². The topological polar surface area (TPSA) is 55.6 Å². The quantitative estimate of drug-likeness (QED) is 0.938. The fourth-order valence-corrected chi connectivity index (χ4v) is 3.02. The van der Waals surface area contributed by atoms with Gasteiger partial charge in [0.05, 0.1) is 12.5 Å². The van der Waals surface area contributed by atoms with E-state index in [-0.39, 0.29) is 0 Å². The third-order valence-corrected chi connectivity index (χ3v) is 4.08. The predicted octanol–water partition coefficient (Wildman–Crippen LogP) is 2.91. The minimum atomic E-state index is 0.358. The molecule has 0 aromatic carbocycles. The SMILES string of the molecule is CCNC1CCCc2nc(-c3cncn3C(C)C)ncc21. The molecule has 1 unspecified atom stereocenters. The summed E-state index contributed by atoms with van der Waals surface area (Å²) in [6.07, 6.45) is 9.11. The van der Waals surface area contributed by atoms with E-state index in [0.29, 0.717) is 12.1 Å². The lowest BCUT2D eigenvalue weighted by Gasteiger charge is -2.25. The van der Waals surface area contributed by atoms with Crippen LogP contribution in [0.15, 0.2) is 18.7 Å². The Kier molecular flexibility index (Phi) is 4.01. The van der Waals surface area contributed by atoms with E-state index < -0.39 is 0 Å². The molecule has 1 aliphatic rings. The van der Waals surface area contributed by atoms with E-state index in [2.05, 4.69) is 40.6 Å². The molecule has 21 heavy (non-hydrogen) atoms. The number of aromatic nitrogens is 4. The van der Waals surface area contributed by atoms with Crippen molar-refractivity contribution in [3.8, 4) is 11.5 Å². The van der Waals surface area contributed by atoms with E-state index in [0.717, 1.165) is 24.5 Å². The summed E-state index contributed by atoms with van der Waals surface area (Å²) < 4.78 is 2.12. The number of aryl methyl sites for hydroxylation is 1. The van der Waals surface area contributed by atoms with E-state index in [1.165, 1.54) is 24.1 Å². The second-order valence-electron chi connectivity index (χ2n) is 5.88. The maximum Gasteiger partial charge on any atom is 0.178 e. The first kappa shape index (κ1) is 14.2. The van der Waals surface area contributed by atoms with Gasteiger partial charge >= 0.3 is 0 Å². The molecule has 0 saturated carbocycles. The Bertz CT molecular complexity index is 617. The molecule has 1 N–H and O–H groups in total. The molecule has 5 heteroatoms. The van der Waals surface area contributed by atoms with Crippen molar-refractivity contribution >= 4 is 0 Å². The molecule has 0 radical (unpaired) electrons. The molecule has 5 nitrogen and oxygen atoms in total. The van der Waals surface area contributed by atoms with Gasteiger partial charge in [0, 0.05) is 29.5 Å². The van der Waals surface area contributed by atoms with Gasteiger partial charge in [0.2, 0.25) is 0 Å². The van der Waals surface area contributed by atoms with Crippen LogP contribution < -0.4 is 5.32 Å². The summed E-state index contributed by atoms with van der Waals surface area (Å²) in [5, 5.41) is 3.53. The van der Waals surface area contributed by atoms with E-state index >= 15 is 0 Å². The molecule has 0 spiro atoms. The van der Waals surface area contributed by atoms with Crippen LogP contribution in [0.1, 0.15) is 57.0 Å². The summed E-state index contributed by atoms with van der Waals surface area (Å²) in [4.78, 5) is 13.7. The average molecular weight is 285 g/mol.